The van der Waals surface area contributed by atoms with Crippen LogP contribution >= 0.6 is 23.4 Å². The van der Waals surface area contributed by atoms with Gasteiger partial charge in [0.15, 0.2) is 5.69 Å². The van der Waals surface area contributed by atoms with Crippen molar-refractivity contribution >= 4 is 35.0 Å². The molecule has 0 unspecified atom stereocenters. The topological polar surface area (TPSA) is 68.2 Å². The highest BCUT2D eigenvalue weighted by Crippen LogP contribution is 2.44. The fourth-order valence-corrected chi connectivity index (χ4v) is 4.99. The Balaban J connectivity index is 1.56. The maximum Gasteiger partial charge on any atom is 0.416 e. The molecule has 4 aromatic rings. The number of carbonyl (C=O) groups excluding carboxylic acids is 1. The van der Waals surface area contributed by atoms with E-state index in [-0.39, 0.29) is 11.8 Å². The number of thioether (sulfide) groups is 1. The number of nitrogens with zero attached hydrogens (tertiary/aromatic N) is 4. The number of rotatable bonds is 4. The average Bonchev–Trinajstić information content (AvgIpc) is 3.02. The number of carbonyl (C=O) groups is 1. The summed E-state index contributed by atoms with van der Waals surface area (Å²) in [4.78, 5) is 18.7. The fraction of sp³-hybridized carbons (Fsp3) is 0.154. The number of halogens is 4. The number of benzene rings is 3. The van der Waals surface area contributed by atoms with Gasteiger partial charge in [0.05, 0.1) is 11.3 Å². The van der Waals surface area contributed by atoms with Crippen LogP contribution < -0.4 is 9.64 Å². The third-order valence-corrected chi connectivity index (χ3v) is 6.94. The zero-order valence-electron chi connectivity index (χ0n) is 19.2. The monoisotopic (exact) mass is 542 g/mol. The summed E-state index contributed by atoms with van der Waals surface area (Å²) in [6.07, 6.45) is -5.58. The molecule has 0 spiro atoms. The highest BCUT2D eigenvalue weighted by Gasteiger charge is 2.36. The van der Waals surface area contributed by atoms with E-state index in [1.807, 2.05) is 18.2 Å². The number of alkyl halides is 3. The van der Waals surface area contributed by atoms with E-state index in [1.54, 1.807) is 30.3 Å². The quantitative estimate of drug-likeness (QED) is 0.260. The van der Waals surface area contributed by atoms with Crippen LogP contribution in [0.5, 0.6) is 5.88 Å². The zero-order valence-corrected chi connectivity index (χ0v) is 20.8. The van der Waals surface area contributed by atoms with Crippen molar-refractivity contribution in [3.63, 3.8) is 0 Å². The maximum atomic E-state index is 13.2. The zero-order chi connectivity index (χ0) is 26.2. The van der Waals surface area contributed by atoms with Crippen LogP contribution in [0.2, 0.25) is 5.02 Å². The smallest absolute Gasteiger partial charge is 0.416 e. The summed E-state index contributed by atoms with van der Waals surface area (Å²) < 4.78 is 45.7. The molecule has 0 saturated carbocycles. The Bertz CT molecular complexity index is 1470. The van der Waals surface area contributed by atoms with E-state index in [2.05, 4.69) is 15.2 Å². The Morgan fingerprint density at radius 1 is 1.03 bits per heavy atom. The largest absolute Gasteiger partial charge is 0.447 e. The number of anilines is 1. The van der Waals surface area contributed by atoms with Crippen molar-refractivity contribution < 1.29 is 22.7 Å². The molecule has 6 nitrogen and oxygen atoms in total. The average molecular weight is 543 g/mol. The van der Waals surface area contributed by atoms with Gasteiger partial charge in [-0.25, -0.2) is 0 Å². The number of para-hydroxylation sites is 1. The molecular weight excluding hydrogens is 525 g/mol. The van der Waals surface area contributed by atoms with E-state index in [4.69, 9.17) is 16.3 Å². The molecule has 0 fully saturated rings. The minimum absolute atomic E-state index is 0.109. The molecule has 1 aliphatic rings. The lowest BCUT2D eigenvalue weighted by Crippen LogP contribution is -2.36. The first-order valence-corrected chi connectivity index (χ1v) is 12.4. The molecule has 1 amide bonds. The Kier molecular flexibility index (Phi) is 6.78. The van der Waals surface area contributed by atoms with E-state index in [1.165, 1.54) is 35.7 Å². The minimum atomic E-state index is -4.49. The van der Waals surface area contributed by atoms with Crippen LogP contribution in [0.15, 0.2) is 78.0 Å². The highest BCUT2D eigenvalue weighted by molar-refractivity contribution is 7.98. The molecule has 0 saturated heterocycles. The van der Waals surface area contributed by atoms with Crippen LogP contribution in [0.3, 0.4) is 0 Å². The maximum absolute atomic E-state index is 13.2. The molecule has 1 aliphatic heterocycles. The highest BCUT2D eigenvalue weighted by atomic mass is 35.5. The van der Waals surface area contributed by atoms with Crippen LogP contribution in [0.1, 0.15) is 29.8 Å². The van der Waals surface area contributed by atoms with Gasteiger partial charge < -0.3 is 4.74 Å². The summed E-state index contributed by atoms with van der Waals surface area (Å²) in [7, 11) is 0. The number of hydrogen-bond donors (Lipinski definition) is 0. The van der Waals surface area contributed by atoms with E-state index in [0.717, 1.165) is 17.7 Å². The fourth-order valence-electron chi connectivity index (χ4n) is 3.93. The molecule has 37 heavy (non-hydrogen) atoms. The van der Waals surface area contributed by atoms with Gasteiger partial charge in [-0.15, -0.1) is 10.2 Å². The summed E-state index contributed by atoms with van der Waals surface area (Å²) in [6, 6.07) is 18.9. The van der Waals surface area contributed by atoms with Crippen molar-refractivity contribution in [1.29, 1.82) is 0 Å². The third-order valence-electron chi connectivity index (χ3n) is 5.69. The van der Waals surface area contributed by atoms with Crippen LogP contribution in [0, 0.1) is 0 Å². The Labute approximate surface area is 219 Å². The van der Waals surface area contributed by atoms with Gasteiger partial charge in [0, 0.05) is 28.8 Å². The second-order valence-corrected chi connectivity index (χ2v) is 9.47. The predicted octanol–water partition coefficient (Wildman–Crippen LogP) is 6.95. The Morgan fingerprint density at radius 2 is 1.73 bits per heavy atom. The molecule has 0 radical (unpaired) electrons. The van der Waals surface area contributed by atoms with E-state index >= 15 is 0 Å². The molecule has 1 atom stereocenters. The number of fused-ring (bicyclic) bond motifs is 3. The lowest BCUT2D eigenvalue weighted by Gasteiger charge is -2.30. The van der Waals surface area contributed by atoms with Gasteiger partial charge in [0.25, 0.3) is 0 Å². The summed E-state index contributed by atoms with van der Waals surface area (Å²) in [5.74, 6) is 0.225. The Morgan fingerprint density at radius 3 is 2.43 bits per heavy atom. The SMILES string of the molecule is CC(=O)N1c2ccccc2-c2nnc(SCc3ccccc3Cl)nc2O[C@H]1c1ccc(C(F)(F)F)cc1. The van der Waals surface area contributed by atoms with Crippen LogP contribution in [0.25, 0.3) is 11.3 Å². The molecule has 5 rings (SSSR count). The number of aromatic nitrogens is 3. The summed E-state index contributed by atoms with van der Waals surface area (Å²) >= 11 is 7.56. The van der Waals surface area contributed by atoms with Gasteiger partial charge in [-0.1, -0.05) is 71.9 Å². The van der Waals surface area contributed by atoms with Crippen LogP contribution in [-0.4, -0.2) is 21.1 Å². The van der Waals surface area contributed by atoms with Crippen molar-refractivity contribution in [2.75, 3.05) is 4.90 Å². The minimum Gasteiger partial charge on any atom is -0.447 e. The lowest BCUT2D eigenvalue weighted by molar-refractivity contribution is -0.137. The van der Waals surface area contributed by atoms with Gasteiger partial charge in [-0.05, 0) is 29.8 Å². The van der Waals surface area contributed by atoms with Crippen molar-refractivity contribution in [2.24, 2.45) is 0 Å². The van der Waals surface area contributed by atoms with Crippen molar-refractivity contribution in [1.82, 2.24) is 15.2 Å². The first kappa shape index (κ1) is 25.0. The van der Waals surface area contributed by atoms with Crippen molar-refractivity contribution in [2.45, 2.75) is 30.2 Å². The first-order chi connectivity index (χ1) is 17.7. The molecule has 188 valence electrons. The second-order valence-electron chi connectivity index (χ2n) is 8.12. The van der Waals surface area contributed by atoms with Gasteiger partial charge >= 0.3 is 6.18 Å². The van der Waals surface area contributed by atoms with Crippen LogP contribution in [0.4, 0.5) is 18.9 Å². The van der Waals surface area contributed by atoms with E-state index in [9.17, 15) is 18.0 Å². The first-order valence-electron chi connectivity index (χ1n) is 11.1. The normalized spacial score (nSPS) is 14.8. The molecule has 0 N–H and O–H groups in total. The van der Waals surface area contributed by atoms with Gasteiger partial charge in [0.1, 0.15) is 0 Å². The third kappa shape index (κ3) is 5.12. The Hall–Kier alpha value is -3.63. The molecule has 1 aromatic heterocycles. The molecule has 2 heterocycles. The molecule has 0 bridgehead atoms. The standard InChI is InChI=1S/C26H18ClF3N4O2S/c1-15(35)34-21-9-5-3-7-19(21)22-23(36-24(34)16-10-12-18(13-11-16)26(28,29)30)31-25(33-32-22)37-14-17-6-2-4-8-20(17)27/h2-13,24H,14H2,1H3/t24-/m0/s1. The molecule has 0 aliphatic carbocycles. The predicted molar refractivity (Wildman–Crippen MR) is 134 cm³/mol. The lowest BCUT2D eigenvalue weighted by atomic mass is 10.1. The summed E-state index contributed by atoms with van der Waals surface area (Å²) in [6.45, 7) is 1.36. The molecule has 3 aromatic carbocycles. The molecule has 11 heteroatoms. The summed E-state index contributed by atoms with van der Waals surface area (Å²) in [5, 5.41) is 9.51. The van der Waals surface area contributed by atoms with Crippen molar-refractivity contribution in [3.05, 3.63) is 94.5 Å². The second kappa shape index (κ2) is 10.0. The molecular formula is C26H18ClF3N4O2S. The van der Waals surface area contributed by atoms with E-state index < -0.39 is 18.0 Å². The van der Waals surface area contributed by atoms with E-state index in [0.29, 0.717) is 38.4 Å². The van der Waals surface area contributed by atoms with Gasteiger partial charge in [0.2, 0.25) is 23.2 Å². The number of amides is 1. The summed E-state index contributed by atoms with van der Waals surface area (Å²) in [5.41, 5.74) is 1.79. The van der Waals surface area contributed by atoms with Gasteiger partial charge in [-0.2, -0.15) is 18.2 Å². The van der Waals surface area contributed by atoms with Crippen molar-refractivity contribution in [3.8, 4) is 17.1 Å². The number of hydrogen-bond acceptors (Lipinski definition) is 6. The van der Waals surface area contributed by atoms with Crippen LogP contribution in [-0.2, 0) is 16.7 Å². The number of ether oxygens (including phenoxy) is 1. The van der Waals surface area contributed by atoms with Gasteiger partial charge in [-0.3, -0.25) is 9.69 Å².